The molecule has 0 fully saturated rings. The first kappa shape index (κ1) is 19.8. The maximum Gasteiger partial charge on any atom is 0.105 e. The van der Waals surface area contributed by atoms with Gasteiger partial charge < -0.3 is 5.32 Å². The predicted molar refractivity (Wildman–Crippen MR) is 112 cm³/mol. The maximum atomic E-state index is 8.21. The average molecular weight is 370 g/mol. The zero-order valence-corrected chi connectivity index (χ0v) is 16.3. The molecule has 2 N–H and O–H groups in total. The third-order valence-electron chi connectivity index (χ3n) is 3.90. The molecule has 2 rings (SSSR count). The molecule has 0 saturated carbocycles. The van der Waals surface area contributed by atoms with Crippen molar-refractivity contribution in [1.29, 1.82) is 5.41 Å². The Morgan fingerprint density at radius 2 is 1.77 bits per heavy atom. The van der Waals surface area contributed by atoms with Gasteiger partial charge in [-0.3, -0.25) is 20.3 Å². The van der Waals surface area contributed by atoms with Gasteiger partial charge >= 0.3 is 0 Å². The van der Waals surface area contributed by atoms with Gasteiger partial charge in [-0.1, -0.05) is 41.9 Å². The molecular formula is C20H24ClN5. The standard InChI is InChI=1S/C20H24ClN5/c1-14(22)26(15(2)24-4)19-8-6-5-7-18(19)20(25-13-23-3)16-9-11-17(21)12-10-16/h5-12,22-23H,13H2,1-4H3. The van der Waals surface area contributed by atoms with Crippen LogP contribution in [0.4, 0.5) is 5.69 Å². The zero-order valence-electron chi connectivity index (χ0n) is 15.5. The first-order chi connectivity index (χ1) is 12.5. The third-order valence-corrected chi connectivity index (χ3v) is 4.15. The van der Waals surface area contributed by atoms with E-state index in [1.54, 1.807) is 14.0 Å². The molecule has 0 spiro atoms. The second kappa shape index (κ2) is 9.27. The van der Waals surface area contributed by atoms with Crippen LogP contribution in [0.2, 0.25) is 5.02 Å². The van der Waals surface area contributed by atoms with E-state index < -0.39 is 0 Å². The number of hydrogen-bond acceptors (Lipinski definition) is 4. The van der Waals surface area contributed by atoms with E-state index in [1.165, 1.54) is 0 Å². The van der Waals surface area contributed by atoms with Crippen LogP contribution in [0.1, 0.15) is 25.0 Å². The lowest BCUT2D eigenvalue weighted by molar-refractivity contribution is 0.835. The van der Waals surface area contributed by atoms with Crippen LogP contribution in [0.3, 0.4) is 0 Å². The minimum Gasteiger partial charge on any atom is -0.301 e. The third kappa shape index (κ3) is 4.56. The summed E-state index contributed by atoms with van der Waals surface area (Å²) in [6, 6.07) is 15.5. The first-order valence-corrected chi connectivity index (χ1v) is 8.70. The fourth-order valence-corrected chi connectivity index (χ4v) is 2.79. The minimum atomic E-state index is 0.393. The van der Waals surface area contributed by atoms with Crippen LogP contribution < -0.4 is 10.2 Å². The SMILES string of the molecule is CN=C(C)N(C(C)=N)c1ccccc1C(=NCNC)c1ccc(Cl)cc1. The lowest BCUT2D eigenvalue weighted by Gasteiger charge is -2.26. The topological polar surface area (TPSA) is 63.8 Å². The van der Waals surface area contributed by atoms with Crippen LogP contribution in [-0.2, 0) is 0 Å². The van der Waals surface area contributed by atoms with Crippen molar-refractivity contribution in [2.45, 2.75) is 13.8 Å². The summed E-state index contributed by atoms with van der Waals surface area (Å²) in [5, 5.41) is 11.9. The summed E-state index contributed by atoms with van der Waals surface area (Å²) >= 11 is 6.05. The van der Waals surface area contributed by atoms with Gasteiger partial charge in [-0.2, -0.15) is 0 Å². The van der Waals surface area contributed by atoms with E-state index in [-0.39, 0.29) is 0 Å². The van der Waals surface area contributed by atoms with Crippen molar-refractivity contribution in [2.75, 3.05) is 25.7 Å². The molecule has 0 aliphatic carbocycles. The monoisotopic (exact) mass is 369 g/mol. The van der Waals surface area contributed by atoms with Gasteiger partial charge in [0.15, 0.2) is 0 Å². The summed E-state index contributed by atoms with van der Waals surface area (Å²) in [7, 11) is 3.58. The fraction of sp³-hybridized carbons (Fsp3) is 0.250. The number of nitrogens with one attached hydrogen (secondary N) is 2. The molecule has 0 heterocycles. The van der Waals surface area contributed by atoms with Crippen LogP contribution in [0.15, 0.2) is 58.5 Å². The molecule has 0 amide bonds. The highest BCUT2D eigenvalue weighted by Crippen LogP contribution is 2.25. The van der Waals surface area contributed by atoms with Gasteiger partial charge in [-0.25, -0.2) is 0 Å². The van der Waals surface area contributed by atoms with Crippen molar-refractivity contribution < 1.29 is 0 Å². The van der Waals surface area contributed by atoms with E-state index in [2.05, 4.69) is 10.3 Å². The largest absolute Gasteiger partial charge is 0.301 e. The molecule has 6 heteroatoms. The highest BCUT2D eigenvalue weighted by Gasteiger charge is 2.19. The van der Waals surface area contributed by atoms with Crippen LogP contribution >= 0.6 is 11.6 Å². The molecule has 26 heavy (non-hydrogen) atoms. The van der Waals surface area contributed by atoms with E-state index >= 15 is 0 Å². The highest BCUT2D eigenvalue weighted by molar-refractivity contribution is 6.31. The first-order valence-electron chi connectivity index (χ1n) is 8.32. The quantitative estimate of drug-likeness (QED) is 0.612. The Morgan fingerprint density at radius 1 is 1.12 bits per heavy atom. The second-order valence-corrected chi connectivity index (χ2v) is 6.17. The molecule has 0 saturated heterocycles. The van der Waals surface area contributed by atoms with Crippen molar-refractivity contribution in [3.8, 4) is 0 Å². The van der Waals surface area contributed by atoms with E-state index in [4.69, 9.17) is 22.0 Å². The molecule has 0 unspecified atom stereocenters. The molecule has 2 aromatic carbocycles. The second-order valence-electron chi connectivity index (χ2n) is 5.73. The van der Waals surface area contributed by atoms with Gasteiger partial charge in [-0.05, 0) is 39.1 Å². The molecule has 0 aromatic heterocycles. The Bertz CT molecular complexity index is 824. The van der Waals surface area contributed by atoms with Crippen molar-refractivity contribution >= 4 is 34.7 Å². The van der Waals surface area contributed by atoms with Crippen molar-refractivity contribution in [3.63, 3.8) is 0 Å². The normalized spacial score (nSPS) is 12.2. The van der Waals surface area contributed by atoms with Gasteiger partial charge in [0, 0.05) is 23.2 Å². The molecule has 136 valence electrons. The summed E-state index contributed by atoms with van der Waals surface area (Å²) in [5.41, 5.74) is 3.60. The number of halogens is 1. The molecule has 0 bridgehead atoms. The van der Waals surface area contributed by atoms with Crippen molar-refractivity contribution in [1.82, 2.24) is 5.32 Å². The number of aliphatic imine (C=N–C) groups is 2. The van der Waals surface area contributed by atoms with Gasteiger partial charge in [0.25, 0.3) is 0 Å². The number of amidine groups is 2. The number of benzene rings is 2. The molecule has 0 radical (unpaired) electrons. The van der Waals surface area contributed by atoms with E-state index in [0.717, 1.165) is 28.4 Å². The van der Waals surface area contributed by atoms with E-state index in [9.17, 15) is 0 Å². The Labute approximate surface area is 159 Å². The summed E-state index contributed by atoms with van der Waals surface area (Å²) in [5.74, 6) is 1.14. The molecule has 2 aromatic rings. The predicted octanol–water partition coefficient (Wildman–Crippen LogP) is 4.21. The highest BCUT2D eigenvalue weighted by atomic mass is 35.5. The average Bonchev–Trinajstić information content (AvgIpc) is 2.64. The minimum absolute atomic E-state index is 0.393. The number of para-hydroxylation sites is 1. The van der Waals surface area contributed by atoms with Crippen LogP contribution in [-0.4, -0.2) is 38.1 Å². The van der Waals surface area contributed by atoms with E-state index in [1.807, 2.05) is 67.4 Å². The number of hydrogen-bond donors (Lipinski definition) is 2. The van der Waals surface area contributed by atoms with Crippen molar-refractivity contribution in [2.24, 2.45) is 9.98 Å². The Balaban J connectivity index is 2.66. The molecule has 5 nitrogen and oxygen atoms in total. The van der Waals surface area contributed by atoms with Crippen molar-refractivity contribution in [3.05, 3.63) is 64.7 Å². The zero-order chi connectivity index (χ0) is 19.1. The molecule has 0 aliphatic heterocycles. The van der Waals surface area contributed by atoms with Gasteiger partial charge in [0.2, 0.25) is 0 Å². The van der Waals surface area contributed by atoms with Gasteiger partial charge in [0.1, 0.15) is 11.7 Å². The van der Waals surface area contributed by atoms with Crippen LogP contribution in [0.5, 0.6) is 0 Å². The summed E-state index contributed by atoms with van der Waals surface area (Å²) < 4.78 is 0. The molecule has 0 aliphatic rings. The Hall–Kier alpha value is -2.50. The Morgan fingerprint density at radius 3 is 2.35 bits per heavy atom. The lowest BCUT2D eigenvalue weighted by Crippen LogP contribution is -2.34. The lowest BCUT2D eigenvalue weighted by atomic mass is 9.99. The summed E-state index contributed by atoms with van der Waals surface area (Å²) in [4.78, 5) is 10.8. The van der Waals surface area contributed by atoms with Crippen LogP contribution in [0.25, 0.3) is 0 Å². The summed E-state index contributed by atoms with van der Waals surface area (Å²) in [6.45, 7) is 4.12. The fourth-order valence-electron chi connectivity index (χ4n) is 2.66. The maximum absolute atomic E-state index is 8.21. The number of nitrogens with zero attached hydrogens (tertiary/aromatic N) is 3. The number of anilines is 1. The smallest absolute Gasteiger partial charge is 0.105 e. The number of rotatable bonds is 5. The Kier molecular flexibility index (Phi) is 7.06. The summed E-state index contributed by atoms with van der Waals surface area (Å²) in [6.07, 6.45) is 0. The van der Waals surface area contributed by atoms with Gasteiger partial charge in [0.05, 0.1) is 18.1 Å². The van der Waals surface area contributed by atoms with Crippen LogP contribution in [0, 0.1) is 5.41 Å². The molecule has 0 atom stereocenters. The van der Waals surface area contributed by atoms with E-state index in [0.29, 0.717) is 17.5 Å². The van der Waals surface area contributed by atoms with Gasteiger partial charge in [-0.15, -0.1) is 0 Å². The molecular weight excluding hydrogens is 346 g/mol.